The third kappa shape index (κ3) is 2.81. The third-order valence-electron chi connectivity index (χ3n) is 3.35. The molecule has 0 aromatic carbocycles. The molecule has 1 aliphatic heterocycles. The topological polar surface area (TPSA) is 28.2 Å². The summed E-state index contributed by atoms with van der Waals surface area (Å²) in [6.45, 7) is 11.0. The first-order valence-corrected chi connectivity index (χ1v) is 6.86. The van der Waals surface area contributed by atoms with Gasteiger partial charge in [0.1, 0.15) is 5.01 Å². The van der Waals surface area contributed by atoms with Crippen LogP contribution in [0.25, 0.3) is 0 Å². The summed E-state index contributed by atoms with van der Waals surface area (Å²) in [5.74, 6) is 0. The lowest BCUT2D eigenvalue weighted by molar-refractivity contribution is 0.211. The third-order valence-corrected chi connectivity index (χ3v) is 4.41. The Hall–Kier alpha value is -0.450. The van der Waals surface area contributed by atoms with Crippen molar-refractivity contribution in [3.63, 3.8) is 0 Å². The summed E-state index contributed by atoms with van der Waals surface area (Å²) < 4.78 is 0. The van der Waals surface area contributed by atoms with Gasteiger partial charge in [0, 0.05) is 24.0 Å². The lowest BCUT2D eigenvalue weighted by atomic mass is 10.2. The molecule has 0 saturated carbocycles. The number of thiazole rings is 1. The van der Waals surface area contributed by atoms with Gasteiger partial charge in [0.25, 0.3) is 0 Å². The minimum Gasteiger partial charge on any atom is -0.315 e. The zero-order valence-corrected chi connectivity index (χ0v) is 11.2. The molecule has 16 heavy (non-hydrogen) atoms. The number of hydrogen-bond donors (Lipinski definition) is 1. The van der Waals surface area contributed by atoms with Crippen LogP contribution in [0, 0.1) is 13.8 Å². The molecule has 90 valence electrons. The minimum atomic E-state index is 0.666. The van der Waals surface area contributed by atoms with Crippen LogP contribution in [0.5, 0.6) is 0 Å². The van der Waals surface area contributed by atoms with Crippen LogP contribution >= 0.6 is 11.3 Å². The summed E-state index contributed by atoms with van der Waals surface area (Å²) in [7, 11) is 0. The molecule has 0 amide bonds. The molecule has 0 spiro atoms. The molecule has 4 heteroatoms. The van der Waals surface area contributed by atoms with Gasteiger partial charge in [0.15, 0.2) is 0 Å². The molecular formula is C12H21N3S. The minimum absolute atomic E-state index is 0.666. The molecule has 3 nitrogen and oxygen atoms in total. The van der Waals surface area contributed by atoms with Crippen molar-refractivity contribution in [1.82, 2.24) is 15.2 Å². The van der Waals surface area contributed by atoms with Crippen molar-refractivity contribution in [1.29, 1.82) is 0 Å². The smallest absolute Gasteiger partial charge is 0.107 e. The average molecular weight is 239 g/mol. The van der Waals surface area contributed by atoms with Gasteiger partial charge in [-0.25, -0.2) is 4.98 Å². The largest absolute Gasteiger partial charge is 0.315 e. The molecule has 1 aromatic heterocycles. The molecule has 1 aliphatic rings. The van der Waals surface area contributed by atoms with E-state index >= 15 is 0 Å². The van der Waals surface area contributed by atoms with Crippen molar-refractivity contribution in [2.45, 2.75) is 39.8 Å². The molecule has 1 unspecified atom stereocenters. The van der Waals surface area contributed by atoms with Crippen molar-refractivity contribution >= 4 is 11.3 Å². The van der Waals surface area contributed by atoms with Gasteiger partial charge in [-0.15, -0.1) is 11.3 Å². The lowest BCUT2D eigenvalue weighted by Crippen LogP contribution is -2.33. The molecule has 1 saturated heterocycles. The Kier molecular flexibility index (Phi) is 3.95. The van der Waals surface area contributed by atoms with E-state index in [1.807, 2.05) is 11.3 Å². The van der Waals surface area contributed by atoms with E-state index in [0.29, 0.717) is 6.04 Å². The van der Waals surface area contributed by atoms with E-state index in [1.54, 1.807) is 0 Å². The fraction of sp³-hybridized carbons (Fsp3) is 0.750. The van der Waals surface area contributed by atoms with E-state index in [2.05, 4.69) is 36.0 Å². The summed E-state index contributed by atoms with van der Waals surface area (Å²) in [6.07, 6.45) is 1.24. The Labute approximate surface area is 102 Å². The van der Waals surface area contributed by atoms with Gasteiger partial charge >= 0.3 is 0 Å². The van der Waals surface area contributed by atoms with E-state index < -0.39 is 0 Å². The Morgan fingerprint density at radius 3 is 2.94 bits per heavy atom. The standard InChI is InChI=1S/C12H21N3S/c1-9-4-5-13-6-7-15(9)8-12-14-10(2)11(3)16-12/h9,13H,4-8H2,1-3H3. The van der Waals surface area contributed by atoms with Gasteiger partial charge in [0.05, 0.1) is 12.2 Å². The quantitative estimate of drug-likeness (QED) is 0.855. The number of nitrogens with one attached hydrogen (secondary N) is 1. The van der Waals surface area contributed by atoms with Gasteiger partial charge < -0.3 is 5.32 Å². The van der Waals surface area contributed by atoms with Crippen LogP contribution < -0.4 is 5.32 Å². The maximum Gasteiger partial charge on any atom is 0.107 e. The van der Waals surface area contributed by atoms with Crippen molar-refractivity contribution in [3.8, 4) is 0 Å². The summed E-state index contributed by atoms with van der Waals surface area (Å²) >= 11 is 1.84. The predicted molar refractivity (Wildman–Crippen MR) is 68.9 cm³/mol. The van der Waals surface area contributed by atoms with Crippen LogP contribution in [-0.2, 0) is 6.54 Å². The molecule has 1 atom stereocenters. The molecule has 0 aliphatic carbocycles. The maximum absolute atomic E-state index is 4.63. The highest BCUT2D eigenvalue weighted by molar-refractivity contribution is 7.11. The van der Waals surface area contributed by atoms with Crippen molar-refractivity contribution in [3.05, 3.63) is 15.6 Å². The normalized spacial score (nSPS) is 23.3. The maximum atomic E-state index is 4.63. The van der Waals surface area contributed by atoms with E-state index in [-0.39, 0.29) is 0 Å². The second kappa shape index (κ2) is 5.25. The molecule has 1 aromatic rings. The number of aromatic nitrogens is 1. The number of rotatable bonds is 2. The molecule has 0 radical (unpaired) electrons. The summed E-state index contributed by atoms with van der Waals surface area (Å²) in [4.78, 5) is 8.52. The number of nitrogens with zero attached hydrogens (tertiary/aromatic N) is 2. The van der Waals surface area contributed by atoms with Gasteiger partial charge in [-0.2, -0.15) is 0 Å². The highest BCUT2D eigenvalue weighted by atomic mass is 32.1. The SMILES string of the molecule is Cc1nc(CN2CCNCCC2C)sc1C. The van der Waals surface area contributed by atoms with Gasteiger partial charge in [0.2, 0.25) is 0 Å². The highest BCUT2D eigenvalue weighted by Gasteiger charge is 2.18. The van der Waals surface area contributed by atoms with Crippen LogP contribution in [0.4, 0.5) is 0 Å². The second-order valence-corrected chi connectivity index (χ2v) is 5.90. The summed E-state index contributed by atoms with van der Waals surface area (Å²) in [5, 5.41) is 4.72. The molecule has 2 heterocycles. The van der Waals surface area contributed by atoms with E-state index in [9.17, 15) is 0 Å². The van der Waals surface area contributed by atoms with Crippen LogP contribution in [0.3, 0.4) is 0 Å². The predicted octanol–water partition coefficient (Wildman–Crippen LogP) is 1.94. The van der Waals surface area contributed by atoms with Crippen LogP contribution in [0.15, 0.2) is 0 Å². The average Bonchev–Trinajstić information content (AvgIpc) is 2.44. The first-order chi connectivity index (χ1) is 7.66. The molecule has 0 bridgehead atoms. The van der Waals surface area contributed by atoms with Crippen LogP contribution in [-0.4, -0.2) is 35.6 Å². The Morgan fingerprint density at radius 1 is 1.44 bits per heavy atom. The molecule has 1 fully saturated rings. The van der Waals surface area contributed by atoms with E-state index in [4.69, 9.17) is 0 Å². The zero-order valence-electron chi connectivity index (χ0n) is 10.4. The highest BCUT2D eigenvalue weighted by Crippen LogP contribution is 2.19. The molecule has 1 N–H and O–H groups in total. The number of hydrogen-bond acceptors (Lipinski definition) is 4. The van der Waals surface area contributed by atoms with Crippen LogP contribution in [0.2, 0.25) is 0 Å². The Balaban J connectivity index is 2.01. The number of aryl methyl sites for hydroxylation is 2. The van der Waals surface area contributed by atoms with E-state index in [1.165, 1.54) is 22.0 Å². The zero-order chi connectivity index (χ0) is 11.5. The van der Waals surface area contributed by atoms with Gasteiger partial charge in [-0.3, -0.25) is 4.90 Å². The first-order valence-electron chi connectivity index (χ1n) is 6.04. The van der Waals surface area contributed by atoms with Crippen molar-refractivity contribution < 1.29 is 0 Å². The van der Waals surface area contributed by atoms with Gasteiger partial charge in [-0.05, 0) is 33.7 Å². The van der Waals surface area contributed by atoms with Crippen molar-refractivity contribution in [2.24, 2.45) is 0 Å². The first kappa shape index (κ1) is 12.0. The summed E-state index contributed by atoms with van der Waals surface area (Å²) in [5.41, 5.74) is 1.20. The Morgan fingerprint density at radius 2 is 2.25 bits per heavy atom. The fourth-order valence-electron chi connectivity index (χ4n) is 2.08. The molecular weight excluding hydrogens is 218 g/mol. The molecule has 2 rings (SSSR count). The lowest BCUT2D eigenvalue weighted by Gasteiger charge is -2.25. The Bertz CT molecular complexity index is 329. The van der Waals surface area contributed by atoms with Crippen molar-refractivity contribution in [2.75, 3.05) is 19.6 Å². The van der Waals surface area contributed by atoms with Gasteiger partial charge in [-0.1, -0.05) is 0 Å². The summed E-state index contributed by atoms with van der Waals surface area (Å²) in [6, 6.07) is 0.666. The monoisotopic (exact) mass is 239 g/mol. The van der Waals surface area contributed by atoms with Crippen LogP contribution in [0.1, 0.15) is 28.9 Å². The van der Waals surface area contributed by atoms with E-state index in [0.717, 1.165) is 26.2 Å². The fourth-order valence-corrected chi connectivity index (χ4v) is 3.04. The second-order valence-electron chi connectivity index (χ2n) is 4.61.